The van der Waals surface area contributed by atoms with Gasteiger partial charge in [0, 0.05) is 6.07 Å². The number of nitro benzene ring substituents is 1. The molecule has 1 heterocycles. The van der Waals surface area contributed by atoms with Crippen molar-refractivity contribution in [2.24, 2.45) is 0 Å². The lowest BCUT2D eigenvalue weighted by atomic mass is 10.1. The smallest absolute Gasteiger partial charge is 0.293 e. The summed E-state index contributed by atoms with van der Waals surface area (Å²) in [4.78, 5) is 25.4. The van der Waals surface area contributed by atoms with E-state index in [1.165, 1.54) is 0 Å². The van der Waals surface area contributed by atoms with Crippen LogP contribution in [0.3, 0.4) is 0 Å². The van der Waals surface area contributed by atoms with Crippen LogP contribution in [0, 0.1) is 15.9 Å². The monoisotopic (exact) mass is 281 g/mol. The fraction of sp³-hybridized carbons (Fsp3) is 0.100. The number of anilines is 1. The average molecular weight is 281 g/mol. The molecule has 1 amide bonds. The van der Waals surface area contributed by atoms with Crippen LogP contribution in [0.2, 0.25) is 0 Å². The molecule has 0 radical (unpaired) electrons. The molecule has 3 N–H and O–H groups in total. The number of aromatic nitrogens is 2. The maximum Gasteiger partial charge on any atom is 0.293 e. The lowest BCUT2D eigenvalue weighted by molar-refractivity contribution is -0.384. The van der Waals surface area contributed by atoms with Gasteiger partial charge in [-0.25, -0.2) is 4.39 Å². The first-order valence-electron chi connectivity index (χ1n) is 5.26. The molecule has 0 unspecified atom stereocenters. The first-order chi connectivity index (χ1) is 9.50. The van der Waals surface area contributed by atoms with E-state index >= 15 is 0 Å². The Hall–Kier alpha value is -3.04. The van der Waals surface area contributed by atoms with Gasteiger partial charge in [-0.3, -0.25) is 14.9 Å². The van der Waals surface area contributed by atoms with E-state index in [9.17, 15) is 19.3 Å². The number of hydrogen-bond acceptors (Lipinski definition) is 7. The molecule has 0 spiro atoms. The highest BCUT2D eigenvalue weighted by Gasteiger charge is 2.23. The molecule has 1 aromatic carbocycles. The van der Waals surface area contributed by atoms with E-state index in [-0.39, 0.29) is 12.4 Å². The minimum Gasteiger partial charge on any atom is -0.392 e. The van der Waals surface area contributed by atoms with Crippen molar-refractivity contribution in [3.63, 3.8) is 0 Å². The Bertz CT molecular complexity index is 658. The van der Waals surface area contributed by atoms with Crippen LogP contribution in [0.1, 0.15) is 16.2 Å². The number of rotatable bonds is 4. The number of amides is 1. The van der Waals surface area contributed by atoms with Crippen molar-refractivity contribution >= 4 is 17.3 Å². The van der Waals surface area contributed by atoms with Crippen LogP contribution in [-0.4, -0.2) is 21.0 Å². The van der Waals surface area contributed by atoms with Gasteiger partial charge in [0.05, 0.1) is 11.5 Å². The molecule has 9 nitrogen and oxygen atoms in total. The second-order valence-electron chi connectivity index (χ2n) is 3.64. The highest BCUT2D eigenvalue weighted by Crippen LogP contribution is 2.27. The van der Waals surface area contributed by atoms with Crippen molar-refractivity contribution in [2.45, 2.75) is 6.54 Å². The molecule has 0 aliphatic rings. The highest BCUT2D eigenvalue weighted by atomic mass is 19.1. The summed E-state index contributed by atoms with van der Waals surface area (Å²) in [5.41, 5.74) is 3.76. The number of hydrogen-bond donors (Lipinski definition) is 2. The minimum absolute atomic E-state index is 0.128. The number of carbonyl (C=O) groups is 1. The zero-order valence-corrected chi connectivity index (χ0v) is 9.87. The van der Waals surface area contributed by atoms with Crippen LogP contribution in [0.25, 0.3) is 0 Å². The number of nitrogens with zero attached hydrogens (tertiary/aromatic N) is 3. The fourth-order valence-electron chi connectivity index (χ4n) is 1.49. The number of carbonyl (C=O) groups excluding carboxylic acids is 1. The van der Waals surface area contributed by atoms with E-state index in [1.54, 1.807) is 0 Å². The van der Waals surface area contributed by atoms with Crippen LogP contribution >= 0.6 is 0 Å². The second-order valence-corrected chi connectivity index (χ2v) is 3.64. The SMILES string of the molecule is Nc1c([N+](=O)[O-])ccc(F)c1C(=O)NCc1ncon1. The van der Waals surface area contributed by atoms with E-state index in [0.717, 1.165) is 18.5 Å². The van der Waals surface area contributed by atoms with Crippen molar-refractivity contribution in [3.05, 3.63) is 45.8 Å². The van der Waals surface area contributed by atoms with Gasteiger partial charge in [-0.05, 0) is 6.07 Å². The Morgan fingerprint density at radius 1 is 1.55 bits per heavy atom. The molecular formula is C10H8FN5O4. The van der Waals surface area contributed by atoms with Gasteiger partial charge in [0.15, 0.2) is 5.82 Å². The van der Waals surface area contributed by atoms with Gasteiger partial charge in [0.1, 0.15) is 17.1 Å². The fourth-order valence-corrected chi connectivity index (χ4v) is 1.49. The maximum absolute atomic E-state index is 13.6. The van der Waals surface area contributed by atoms with Gasteiger partial charge in [-0.1, -0.05) is 5.16 Å². The summed E-state index contributed by atoms with van der Waals surface area (Å²) in [6, 6.07) is 1.69. The summed E-state index contributed by atoms with van der Waals surface area (Å²) in [7, 11) is 0. The van der Waals surface area contributed by atoms with E-state index in [1.807, 2.05) is 0 Å². The molecule has 2 aromatic rings. The van der Waals surface area contributed by atoms with Gasteiger partial charge < -0.3 is 15.6 Å². The van der Waals surface area contributed by atoms with E-state index < -0.39 is 33.6 Å². The van der Waals surface area contributed by atoms with E-state index in [0.29, 0.717) is 0 Å². The van der Waals surface area contributed by atoms with Crippen LogP contribution in [0.5, 0.6) is 0 Å². The van der Waals surface area contributed by atoms with Gasteiger partial charge >= 0.3 is 0 Å². The van der Waals surface area contributed by atoms with Crippen molar-refractivity contribution in [1.29, 1.82) is 0 Å². The van der Waals surface area contributed by atoms with E-state index in [4.69, 9.17) is 5.73 Å². The average Bonchev–Trinajstić information content (AvgIpc) is 2.89. The topological polar surface area (TPSA) is 137 Å². The molecule has 0 bridgehead atoms. The molecule has 0 fully saturated rings. The number of nitro groups is 1. The maximum atomic E-state index is 13.6. The summed E-state index contributed by atoms with van der Waals surface area (Å²) in [6.07, 6.45) is 1.06. The van der Waals surface area contributed by atoms with Gasteiger partial charge in [-0.15, -0.1) is 0 Å². The number of nitrogens with one attached hydrogen (secondary N) is 1. The standard InChI is InChI=1S/C10H8FN5O4/c11-5-1-2-6(16(18)19)9(12)8(5)10(17)13-3-7-14-4-20-15-7/h1-2,4H,3,12H2,(H,13,17). The summed E-state index contributed by atoms with van der Waals surface area (Å²) >= 11 is 0. The van der Waals surface area contributed by atoms with Crippen LogP contribution in [0.4, 0.5) is 15.8 Å². The highest BCUT2D eigenvalue weighted by molar-refractivity contribution is 6.01. The Kier molecular flexibility index (Phi) is 3.55. The first-order valence-corrected chi connectivity index (χ1v) is 5.26. The van der Waals surface area contributed by atoms with Crippen molar-refractivity contribution in [2.75, 3.05) is 5.73 Å². The zero-order chi connectivity index (χ0) is 14.7. The zero-order valence-electron chi connectivity index (χ0n) is 9.87. The molecule has 1 aromatic heterocycles. The lowest BCUT2D eigenvalue weighted by Gasteiger charge is -2.07. The van der Waals surface area contributed by atoms with Gasteiger partial charge in [0.25, 0.3) is 11.6 Å². The third-order valence-corrected chi connectivity index (χ3v) is 2.41. The van der Waals surface area contributed by atoms with Gasteiger partial charge in [-0.2, -0.15) is 4.98 Å². The predicted molar refractivity (Wildman–Crippen MR) is 62.9 cm³/mol. The summed E-state index contributed by atoms with van der Waals surface area (Å²) in [6.45, 7) is -0.128. The molecule has 2 rings (SSSR count). The molecule has 0 saturated carbocycles. The van der Waals surface area contributed by atoms with Crippen LogP contribution in [-0.2, 0) is 6.54 Å². The number of nitrogens with two attached hydrogens (primary N) is 1. The second kappa shape index (κ2) is 5.30. The van der Waals surface area contributed by atoms with Crippen molar-refractivity contribution in [1.82, 2.24) is 15.5 Å². The molecule has 0 aliphatic heterocycles. The third kappa shape index (κ3) is 2.53. The third-order valence-electron chi connectivity index (χ3n) is 2.41. The molecular weight excluding hydrogens is 273 g/mol. The summed E-state index contributed by atoms with van der Waals surface area (Å²) in [5.74, 6) is -1.70. The quantitative estimate of drug-likeness (QED) is 0.476. The summed E-state index contributed by atoms with van der Waals surface area (Å²) < 4.78 is 18.0. The Morgan fingerprint density at radius 3 is 2.90 bits per heavy atom. The summed E-state index contributed by atoms with van der Waals surface area (Å²) in [5, 5.41) is 16.4. The molecule has 104 valence electrons. The molecule has 0 atom stereocenters. The number of halogens is 1. The molecule has 20 heavy (non-hydrogen) atoms. The Balaban J connectivity index is 2.25. The van der Waals surface area contributed by atoms with Crippen molar-refractivity contribution < 1.29 is 18.6 Å². The number of benzene rings is 1. The predicted octanol–water partition coefficient (Wildman–Crippen LogP) is 0.629. The van der Waals surface area contributed by atoms with Crippen LogP contribution in [0.15, 0.2) is 23.0 Å². The largest absolute Gasteiger partial charge is 0.392 e. The van der Waals surface area contributed by atoms with Gasteiger partial charge in [0.2, 0.25) is 6.39 Å². The lowest BCUT2D eigenvalue weighted by Crippen LogP contribution is -2.25. The van der Waals surface area contributed by atoms with Crippen LogP contribution < -0.4 is 11.1 Å². The Labute approximate surface area is 110 Å². The van der Waals surface area contributed by atoms with E-state index in [2.05, 4.69) is 20.0 Å². The Morgan fingerprint density at radius 2 is 2.30 bits per heavy atom. The minimum atomic E-state index is -0.960. The first kappa shape index (κ1) is 13.4. The molecule has 0 saturated heterocycles. The molecule has 0 aliphatic carbocycles. The normalized spacial score (nSPS) is 10.2. The number of nitrogen functional groups attached to an aromatic ring is 1. The molecule has 10 heteroatoms. The van der Waals surface area contributed by atoms with Crippen molar-refractivity contribution in [3.8, 4) is 0 Å².